The van der Waals surface area contributed by atoms with E-state index in [9.17, 15) is 4.79 Å². The number of hydrogen-bond donors (Lipinski definition) is 4. The number of hydrogen-bond acceptors (Lipinski definition) is 5. The van der Waals surface area contributed by atoms with Gasteiger partial charge in [0.15, 0.2) is 0 Å². The predicted octanol–water partition coefficient (Wildman–Crippen LogP) is 3.93. The van der Waals surface area contributed by atoms with Crippen molar-refractivity contribution >= 4 is 23.1 Å². The second kappa shape index (κ2) is 10.1. The van der Waals surface area contributed by atoms with Crippen molar-refractivity contribution in [1.29, 1.82) is 0 Å². The number of anilines is 3. The molecule has 0 spiro atoms. The van der Waals surface area contributed by atoms with Crippen LogP contribution in [0, 0.1) is 0 Å². The van der Waals surface area contributed by atoms with E-state index >= 15 is 0 Å². The van der Waals surface area contributed by atoms with E-state index in [4.69, 9.17) is 5.73 Å². The molecule has 1 aliphatic heterocycles. The van der Waals surface area contributed by atoms with Gasteiger partial charge in [0, 0.05) is 35.7 Å². The van der Waals surface area contributed by atoms with Crippen LogP contribution in [0.15, 0.2) is 66.9 Å². The molecule has 0 unspecified atom stereocenters. The molecule has 0 radical (unpaired) electrons. The minimum absolute atomic E-state index is 0.148. The zero-order valence-electron chi connectivity index (χ0n) is 17.6. The van der Waals surface area contributed by atoms with E-state index < -0.39 is 0 Å². The van der Waals surface area contributed by atoms with Gasteiger partial charge < -0.3 is 21.7 Å². The average Bonchev–Trinajstić information content (AvgIpc) is 2.80. The van der Waals surface area contributed by atoms with Crippen LogP contribution in [0.3, 0.4) is 0 Å². The quantitative estimate of drug-likeness (QED) is 0.447. The summed E-state index contributed by atoms with van der Waals surface area (Å²) in [6.07, 6.45) is 4.23. The Hall–Kier alpha value is -3.38. The molecule has 4 rings (SSSR count). The van der Waals surface area contributed by atoms with Crippen LogP contribution >= 0.6 is 0 Å². The molecule has 1 saturated heterocycles. The number of amides is 1. The van der Waals surface area contributed by atoms with Gasteiger partial charge in [-0.1, -0.05) is 42.5 Å². The van der Waals surface area contributed by atoms with Gasteiger partial charge in [0.1, 0.15) is 5.82 Å². The van der Waals surface area contributed by atoms with Crippen LogP contribution < -0.4 is 21.7 Å². The first-order chi connectivity index (χ1) is 15.2. The van der Waals surface area contributed by atoms with Gasteiger partial charge in [0.25, 0.3) is 0 Å². The Balaban J connectivity index is 1.47. The minimum Gasteiger partial charge on any atom is -0.381 e. The summed E-state index contributed by atoms with van der Waals surface area (Å²) < 4.78 is 0. The smallest absolute Gasteiger partial charge is 0.221 e. The van der Waals surface area contributed by atoms with E-state index in [1.165, 1.54) is 18.4 Å². The number of carbonyl (C=O) groups is 1. The van der Waals surface area contributed by atoms with Crippen LogP contribution in [0.1, 0.15) is 35.4 Å². The highest BCUT2D eigenvalue weighted by Crippen LogP contribution is 2.28. The van der Waals surface area contributed by atoms with Crippen molar-refractivity contribution in [2.45, 2.75) is 31.7 Å². The van der Waals surface area contributed by atoms with Gasteiger partial charge in [0.2, 0.25) is 5.91 Å². The number of primary amides is 1. The fourth-order valence-corrected chi connectivity index (χ4v) is 3.98. The second-order valence-corrected chi connectivity index (χ2v) is 7.98. The number of aromatic nitrogens is 1. The predicted molar refractivity (Wildman–Crippen MR) is 125 cm³/mol. The highest BCUT2D eigenvalue weighted by molar-refractivity contribution is 5.79. The van der Waals surface area contributed by atoms with E-state index in [1.807, 2.05) is 24.3 Å². The van der Waals surface area contributed by atoms with Crippen molar-refractivity contribution in [2.75, 3.05) is 23.7 Å². The first kappa shape index (κ1) is 20.9. The molecule has 0 saturated carbocycles. The van der Waals surface area contributed by atoms with Gasteiger partial charge >= 0.3 is 0 Å². The second-order valence-electron chi connectivity index (χ2n) is 7.98. The number of nitrogens with zero attached hydrogens (tertiary/aromatic N) is 1. The number of piperidine rings is 1. The molecule has 31 heavy (non-hydrogen) atoms. The number of benzene rings is 2. The van der Waals surface area contributed by atoms with Crippen molar-refractivity contribution in [3.05, 3.63) is 83.6 Å². The summed E-state index contributed by atoms with van der Waals surface area (Å²) in [6, 6.07) is 20.7. The molecule has 2 aromatic carbocycles. The normalized spacial score (nSPS) is 14.2. The average molecular weight is 416 g/mol. The van der Waals surface area contributed by atoms with E-state index in [0.29, 0.717) is 12.5 Å². The monoisotopic (exact) mass is 415 g/mol. The summed E-state index contributed by atoms with van der Waals surface area (Å²) in [5, 5.41) is 10.2. The van der Waals surface area contributed by atoms with Crippen molar-refractivity contribution in [3.8, 4) is 0 Å². The van der Waals surface area contributed by atoms with Gasteiger partial charge in [-0.15, -0.1) is 0 Å². The Morgan fingerprint density at radius 2 is 1.81 bits per heavy atom. The maximum atomic E-state index is 11.5. The fourth-order valence-electron chi connectivity index (χ4n) is 3.98. The zero-order valence-corrected chi connectivity index (χ0v) is 17.6. The Labute approximate surface area is 183 Å². The zero-order chi connectivity index (χ0) is 21.5. The molecule has 1 aliphatic rings. The number of rotatable bonds is 8. The fraction of sp³-hybridized carbons (Fsp3) is 0.280. The van der Waals surface area contributed by atoms with Crippen LogP contribution in [0.25, 0.3) is 0 Å². The number of nitrogens with two attached hydrogens (primary N) is 1. The molecule has 1 fully saturated rings. The Morgan fingerprint density at radius 1 is 1.06 bits per heavy atom. The highest BCUT2D eigenvalue weighted by atomic mass is 16.1. The van der Waals surface area contributed by atoms with Crippen molar-refractivity contribution < 1.29 is 4.79 Å². The Morgan fingerprint density at radius 3 is 2.52 bits per heavy atom. The standard InChI is InChI=1S/C25H29N5O/c26-24(31)14-21-17-29-25(15-23(21)28-16-18-4-2-1-3-5-18)30-22-8-6-19(7-9-22)20-10-12-27-13-11-20/h1-9,15,17,20,27H,10-14,16H2,(H2,26,31)(H2,28,29,30). The van der Waals surface area contributed by atoms with Crippen LogP contribution in [0.4, 0.5) is 17.2 Å². The van der Waals surface area contributed by atoms with E-state index in [-0.39, 0.29) is 12.3 Å². The molecule has 6 heteroatoms. The molecular weight excluding hydrogens is 386 g/mol. The first-order valence-electron chi connectivity index (χ1n) is 10.8. The molecule has 1 amide bonds. The summed E-state index contributed by atoms with van der Waals surface area (Å²) in [5.74, 6) is 0.979. The molecule has 2 heterocycles. The molecular formula is C25H29N5O. The lowest BCUT2D eigenvalue weighted by Gasteiger charge is -2.23. The summed E-state index contributed by atoms with van der Waals surface area (Å²) in [6.45, 7) is 2.83. The summed E-state index contributed by atoms with van der Waals surface area (Å²) in [4.78, 5) is 16.0. The third-order valence-corrected chi connectivity index (χ3v) is 5.67. The van der Waals surface area contributed by atoms with Gasteiger partial charge in [0.05, 0.1) is 6.42 Å². The van der Waals surface area contributed by atoms with E-state index in [2.05, 4.69) is 57.3 Å². The molecule has 160 valence electrons. The van der Waals surface area contributed by atoms with Gasteiger partial charge in [-0.2, -0.15) is 0 Å². The van der Waals surface area contributed by atoms with Gasteiger partial charge in [-0.3, -0.25) is 4.79 Å². The van der Waals surface area contributed by atoms with Crippen LogP contribution in [-0.2, 0) is 17.8 Å². The number of pyridine rings is 1. The number of carbonyl (C=O) groups excluding carboxylic acids is 1. The molecule has 0 aliphatic carbocycles. The third kappa shape index (κ3) is 5.83. The van der Waals surface area contributed by atoms with E-state index in [0.717, 1.165) is 41.4 Å². The Bertz CT molecular complexity index is 998. The van der Waals surface area contributed by atoms with Crippen molar-refractivity contribution in [2.24, 2.45) is 5.73 Å². The summed E-state index contributed by atoms with van der Waals surface area (Å²) >= 11 is 0. The van der Waals surface area contributed by atoms with Crippen molar-refractivity contribution in [3.63, 3.8) is 0 Å². The largest absolute Gasteiger partial charge is 0.381 e. The Kier molecular flexibility index (Phi) is 6.79. The molecule has 0 bridgehead atoms. The molecule has 3 aromatic rings. The van der Waals surface area contributed by atoms with E-state index in [1.54, 1.807) is 6.20 Å². The van der Waals surface area contributed by atoms with Gasteiger partial charge in [-0.25, -0.2) is 4.98 Å². The van der Waals surface area contributed by atoms with Gasteiger partial charge in [-0.05, 0) is 55.1 Å². The third-order valence-electron chi connectivity index (χ3n) is 5.67. The first-order valence-corrected chi connectivity index (χ1v) is 10.8. The van der Waals surface area contributed by atoms with Crippen LogP contribution in [-0.4, -0.2) is 24.0 Å². The lowest BCUT2D eigenvalue weighted by molar-refractivity contribution is -0.117. The summed E-state index contributed by atoms with van der Waals surface area (Å²) in [7, 11) is 0. The van der Waals surface area contributed by atoms with Crippen LogP contribution in [0.5, 0.6) is 0 Å². The lowest BCUT2D eigenvalue weighted by Crippen LogP contribution is -2.26. The lowest BCUT2D eigenvalue weighted by atomic mass is 9.90. The molecule has 1 aromatic heterocycles. The SMILES string of the molecule is NC(=O)Cc1cnc(Nc2ccc(C3CCNCC3)cc2)cc1NCc1ccccc1. The van der Waals surface area contributed by atoms with Crippen molar-refractivity contribution in [1.82, 2.24) is 10.3 Å². The molecule has 0 atom stereocenters. The maximum absolute atomic E-state index is 11.5. The molecule has 6 nitrogen and oxygen atoms in total. The topological polar surface area (TPSA) is 92.1 Å². The highest BCUT2D eigenvalue weighted by Gasteiger charge is 2.15. The maximum Gasteiger partial charge on any atom is 0.221 e. The summed E-state index contributed by atoms with van der Waals surface area (Å²) in [5.41, 5.74) is 10.6. The minimum atomic E-state index is -0.376. The number of nitrogens with one attached hydrogen (secondary N) is 3. The van der Waals surface area contributed by atoms with Crippen LogP contribution in [0.2, 0.25) is 0 Å². The molecule has 5 N–H and O–H groups in total.